The Labute approximate surface area is 119 Å². The molecule has 0 saturated carbocycles. The van der Waals surface area contributed by atoms with E-state index in [4.69, 9.17) is 11.5 Å². The molecule has 1 unspecified atom stereocenters. The van der Waals surface area contributed by atoms with Crippen LogP contribution in [0.2, 0.25) is 0 Å². The van der Waals surface area contributed by atoms with Crippen molar-refractivity contribution in [1.29, 1.82) is 0 Å². The molecular formula is C12H22N4O3S. The predicted molar refractivity (Wildman–Crippen MR) is 76.5 cm³/mol. The highest BCUT2D eigenvalue weighted by Gasteiger charge is 2.29. The molecule has 0 spiro atoms. The molecule has 7 nitrogen and oxygen atoms in total. The highest BCUT2D eigenvalue weighted by molar-refractivity contribution is 7.89. The molecular weight excluding hydrogens is 280 g/mol. The molecule has 0 fully saturated rings. The first kappa shape index (κ1) is 16.7. The van der Waals surface area contributed by atoms with Crippen LogP contribution in [0, 0.1) is 5.41 Å². The van der Waals surface area contributed by atoms with E-state index in [0.29, 0.717) is 0 Å². The fourth-order valence-corrected chi connectivity index (χ4v) is 3.28. The van der Waals surface area contributed by atoms with Crippen molar-refractivity contribution >= 4 is 15.9 Å². The number of primary amides is 1. The molecule has 0 saturated heterocycles. The summed E-state index contributed by atoms with van der Waals surface area (Å²) in [5.41, 5.74) is 10.6. The zero-order valence-corrected chi connectivity index (χ0v) is 13.0. The molecule has 0 aliphatic rings. The number of nitrogens with two attached hydrogens (primary N) is 2. The quantitative estimate of drug-likeness (QED) is 0.696. The first-order chi connectivity index (χ1) is 8.99. The molecule has 1 heterocycles. The van der Waals surface area contributed by atoms with Gasteiger partial charge in [0.2, 0.25) is 10.0 Å². The van der Waals surface area contributed by atoms with Gasteiger partial charge in [-0.1, -0.05) is 20.8 Å². The lowest BCUT2D eigenvalue weighted by molar-refractivity contribution is 0.0992. The molecule has 0 radical (unpaired) electrons. The number of nitrogens with one attached hydrogen (secondary N) is 1. The maximum Gasteiger partial charge on any atom is 0.265 e. The Morgan fingerprint density at radius 2 is 2.00 bits per heavy atom. The van der Waals surface area contributed by atoms with Gasteiger partial charge in [0.05, 0.1) is 0 Å². The number of rotatable bonds is 5. The number of aromatic nitrogens is 1. The number of carbonyl (C=O) groups excluding carboxylic acids is 1. The molecule has 1 atom stereocenters. The molecule has 1 aromatic rings. The summed E-state index contributed by atoms with van der Waals surface area (Å²) >= 11 is 0. The molecule has 1 amide bonds. The lowest BCUT2D eigenvalue weighted by atomic mass is 9.88. The number of hydrogen-bond acceptors (Lipinski definition) is 4. The minimum atomic E-state index is -3.75. The van der Waals surface area contributed by atoms with Crippen LogP contribution in [0.5, 0.6) is 0 Å². The standard InChI is InChI=1S/C12H22N4O3S/c1-12(2,3)10(6-13)15-20(18,19)8-5-9(11(14)17)16(4)7-8/h5,7,10,15H,6,13H2,1-4H3,(H2,14,17). The Kier molecular flexibility index (Phi) is 4.62. The minimum absolute atomic E-state index is 0.00324. The molecule has 0 aliphatic carbocycles. The number of sulfonamides is 1. The van der Waals surface area contributed by atoms with Crippen molar-refractivity contribution in [3.8, 4) is 0 Å². The van der Waals surface area contributed by atoms with Gasteiger partial charge in [0.25, 0.3) is 5.91 Å². The second kappa shape index (κ2) is 5.55. The first-order valence-corrected chi connectivity index (χ1v) is 7.66. The Morgan fingerprint density at radius 1 is 1.45 bits per heavy atom. The highest BCUT2D eigenvalue weighted by atomic mass is 32.2. The van der Waals surface area contributed by atoms with Crippen molar-refractivity contribution in [2.45, 2.75) is 31.7 Å². The van der Waals surface area contributed by atoms with E-state index in [1.807, 2.05) is 20.8 Å². The number of nitrogens with zero attached hydrogens (tertiary/aromatic N) is 1. The minimum Gasteiger partial charge on any atom is -0.364 e. The van der Waals surface area contributed by atoms with Crippen LogP contribution in [-0.4, -0.2) is 31.5 Å². The Balaban J connectivity index is 3.12. The zero-order chi connectivity index (χ0) is 15.7. The molecule has 0 bridgehead atoms. The molecule has 5 N–H and O–H groups in total. The summed E-state index contributed by atoms with van der Waals surface area (Å²) in [7, 11) is -2.19. The Morgan fingerprint density at radius 3 is 2.35 bits per heavy atom. The van der Waals surface area contributed by atoms with Crippen molar-refractivity contribution in [1.82, 2.24) is 9.29 Å². The second-order valence-electron chi connectivity index (χ2n) is 5.81. The van der Waals surface area contributed by atoms with Crippen LogP contribution in [0.15, 0.2) is 17.2 Å². The summed E-state index contributed by atoms with van der Waals surface area (Å²) in [5, 5.41) is 0. The monoisotopic (exact) mass is 302 g/mol. The van der Waals surface area contributed by atoms with Crippen molar-refractivity contribution in [2.75, 3.05) is 6.54 Å². The Bertz CT molecular complexity index is 599. The summed E-state index contributed by atoms with van der Waals surface area (Å²) in [6.45, 7) is 5.87. The fourth-order valence-electron chi connectivity index (χ4n) is 1.76. The smallest absolute Gasteiger partial charge is 0.265 e. The van der Waals surface area contributed by atoms with Gasteiger partial charge >= 0.3 is 0 Å². The van der Waals surface area contributed by atoms with Gasteiger partial charge < -0.3 is 16.0 Å². The molecule has 114 valence electrons. The third kappa shape index (κ3) is 3.59. The lowest BCUT2D eigenvalue weighted by Gasteiger charge is -2.29. The normalized spacial score (nSPS) is 14.2. The van der Waals surface area contributed by atoms with Gasteiger partial charge in [0.15, 0.2) is 0 Å². The van der Waals surface area contributed by atoms with Gasteiger partial charge in [-0.05, 0) is 11.5 Å². The van der Waals surface area contributed by atoms with Crippen LogP contribution in [0.25, 0.3) is 0 Å². The summed E-state index contributed by atoms with van der Waals surface area (Å²) in [5.74, 6) is -0.680. The number of aryl methyl sites for hydroxylation is 1. The first-order valence-electron chi connectivity index (χ1n) is 6.17. The van der Waals surface area contributed by atoms with Crippen molar-refractivity contribution < 1.29 is 13.2 Å². The maximum absolute atomic E-state index is 12.3. The van der Waals surface area contributed by atoms with Gasteiger partial charge in [-0.15, -0.1) is 0 Å². The average Bonchev–Trinajstić information content (AvgIpc) is 2.67. The topological polar surface area (TPSA) is 120 Å². The average molecular weight is 302 g/mol. The van der Waals surface area contributed by atoms with E-state index in [1.54, 1.807) is 7.05 Å². The molecule has 20 heavy (non-hydrogen) atoms. The van der Waals surface area contributed by atoms with Crippen LogP contribution >= 0.6 is 0 Å². The van der Waals surface area contributed by atoms with Crippen molar-refractivity contribution in [3.63, 3.8) is 0 Å². The highest BCUT2D eigenvalue weighted by Crippen LogP contribution is 2.21. The summed E-state index contributed by atoms with van der Waals surface area (Å²) in [4.78, 5) is 11.2. The van der Waals surface area contributed by atoms with Gasteiger partial charge in [0.1, 0.15) is 10.6 Å². The lowest BCUT2D eigenvalue weighted by Crippen LogP contribution is -2.48. The molecule has 8 heteroatoms. The van der Waals surface area contributed by atoms with E-state index in [0.717, 1.165) is 0 Å². The molecule has 1 rings (SSSR count). The largest absolute Gasteiger partial charge is 0.364 e. The van der Waals surface area contributed by atoms with Crippen LogP contribution in [0.1, 0.15) is 31.3 Å². The van der Waals surface area contributed by atoms with Gasteiger partial charge in [-0.25, -0.2) is 13.1 Å². The zero-order valence-electron chi connectivity index (χ0n) is 12.2. The van der Waals surface area contributed by atoms with Gasteiger partial charge in [0, 0.05) is 25.8 Å². The van der Waals surface area contributed by atoms with Crippen LogP contribution < -0.4 is 16.2 Å². The molecule has 0 aliphatic heterocycles. The van der Waals surface area contributed by atoms with E-state index in [1.165, 1.54) is 16.8 Å². The van der Waals surface area contributed by atoms with Crippen LogP contribution in [-0.2, 0) is 17.1 Å². The number of hydrogen-bond donors (Lipinski definition) is 3. The molecule has 0 aromatic carbocycles. The summed E-state index contributed by atoms with van der Waals surface area (Å²) in [6, 6.07) is 0.839. The van der Waals surface area contributed by atoms with E-state index in [-0.39, 0.29) is 22.5 Å². The summed E-state index contributed by atoms with van der Waals surface area (Å²) < 4.78 is 28.5. The van der Waals surface area contributed by atoms with E-state index >= 15 is 0 Å². The Hall–Kier alpha value is -1.38. The predicted octanol–water partition coefficient (Wildman–Crippen LogP) is -0.224. The third-order valence-corrected chi connectivity index (χ3v) is 4.56. The number of amides is 1. The van der Waals surface area contributed by atoms with Crippen LogP contribution in [0.4, 0.5) is 0 Å². The third-order valence-electron chi connectivity index (χ3n) is 3.12. The van der Waals surface area contributed by atoms with Crippen molar-refractivity contribution in [3.05, 3.63) is 18.0 Å². The van der Waals surface area contributed by atoms with Gasteiger partial charge in [-0.2, -0.15) is 0 Å². The fraction of sp³-hybridized carbons (Fsp3) is 0.583. The maximum atomic E-state index is 12.3. The molecule has 1 aromatic heterocycles. The van der Waals surface area contributed by atoms with Crippen LogP contribution in [0.3, 0.4) is 0 Å². The van der Waals surface area contributed by atoms with E-state index in [2.05, 4.69) is 4.72 Å². The van der Waals surface area contributed by atoms with Gasteiger partial charge in [-0.3, -0.25) is 4.79 Å². The SMILES string of the molecule is Cn1cc(S(=O)(=O)NC(CN)C(C)(C)C)cc1C(N)=O. The van der Waals surface area contributed by atoms with Crippen molar-refractivity contribution in [2.24, 2.45) is 23.9 Å². The summed E-state index contributed by atoms with van der Waals surface area (Å²) in [6.07, 6.45) is 1.35. The van der Waals surface area contributed by atoms with E-state index in [9.17, 15) is 13.2 Å². The number of carbonyl (C=O) groups is 1. The second-order valence-corrected chi connectivity index (χ2v) is 7.53. The van der Waals surface area contributed by atoms with E-state index < -0.39 is 22.0 Å².